The van der Waals surface area contributed by atoms with Crippen molar-refractivity contribution in [1.29, 1.82) is 0 Å². The second kappa shape index (κ2) is 12.3. The van der Waals surface area contributed by atoms with E-state index in [2.05, 4.69) is 78.1 Å². The van der Waals surface area contributed by atoms with Crippen molar-refractivity contribution in [3.63, 3.8) is 0 Å². The van der Waals surface area contributed by atoms with Crippen LogP contribution in [-0.2, 0) is 14.3 Å². The molecule has 7 nitrogen and oxygen atoms in total. The zero-order valence-electron chi connectivity index (χ0n) is 34.7. The molecule has 0 aromatic heterocycles. The van der Waals surface area contributed by atoms with Crippen LogP contribution in [0.3, 0.4) is 0 Å². The summed E-state index contributed by atoms with van der Waals surface area (Å²) in [6, 6.07) is 28.3. The number of hydrogen-bond acceptors (Lipinski definition) is 6. The summed E-state index contributed by atoms with van der Waals surface area (Å²) in [6.07, 6.45) is 3.81. The lowest BCUT2D eigenvalue weighted by Gasteiger charge is -2.33. The summed E-state index contributed by atoms with van der Waals surface area (Å²) in [5, 5.41) is 2.79. The SMILES string of the molecule is CC(=O)Oc1c2c(c(OCCOCCNC(=O)OC(C)(C)C)c3c1[C@H]1C[C@@H]3c3cc4c(cc31)[C@H]1C[C@@H]4c3ccccc31)[C@H]1C[C@@H]2c2cc3c(cc21)[C@H]1C[C@@H]3c2ccccc21. The van der Waals surface area contributed by atoms with E-state index in [9.17, 15) is 9.59 Å². The zero-order chi connectivity index (χ0) is 40.3. The maximum Gasteiger partial charge on any atom is 0.407 e. The first-order chi connectivity index (χ1) is 29.1. The van der Waals surface area contributed by atoms with Crippen LogP contribution >= 0.6 is 0 Å². The van der Waals surface area contributed by atoms with Gasteiger partial charge in [-0.25, -0.2) is 4.79 Å². The summed E-state index contributed by atoms with van der Waals surface area (Å²) in [7, 11) is 0. The molecule has 60 heavy (non-hydrogen) atoms. The molecule has 0 heterocycles. The van der Waals surface area contributed by atoms with Gasteiger partial charge >= 0.3 is 12.1 Å². The van der Waals surface area contributed by atoms with Gasteiger partial charge in [-0.15, -0.1) is 0 Å². The van der Waals surface area contributed by atoms with Gasteiger partial charge in [-0.05, 0) is 113 Å². The van der Waals surface area contributed by atoms with E-state index in [1.807, 2.05) is 20.8 Å². The molecule has 1 amide bonds. The highest BCUT2D eigenvalue weighted by Crippen LogP contribution is 2.71. The summed E-state index contributed by atoms with van der Waals surface area (Å²) in [5.74, 6) is 3.95. The Bertz CT molecular complexity index is 2600. The Balaban J connectivity index is 0.895. The third-order valence-electron chi connectivity index (χ3n) is 15.5. The lowest BCUT2D eigenvalue weighted by atomic mass is 9.74. The van der Waals surface area contributed by atoms with Crippen LogP contribution < -0.4 is 14.8 Å². The van der Waals surface area contributed by atoms with Crippen LogP contribution in [-0.4, -0.2) is 44.0 Å². The van der Waals surface area contributed by atoms with Crippen LogP contribution in [0.25, 0.3) is 0 Å². The Morgan fingerprint density at radius 3 is 1.32 bits per heavy atom. The Labute approximate surface area is 350 Å². The number of carbonyl (C=O) groups excluding carboxylic acids is 2. The van der Waals surface area contributed by atoms with Gasteiger partial charge in [-0.3, -0.25) is 4.79 Å². The number of alkyl carbamates (subject to hydrolysis) is 1. The number of hydrogen-bond donors (Lipinski definition) is 1. The third kappa shape index (κ3) is 4.76. The minimum absolute atomic E-state index is 0.141. The third-order valence-corrected chi connectivity index (χ3v) is 15.5. The van der Waals surface area contributed by atoms with Crippen LogP contribution in [0.5, 0.6) is 11.5 Å². The first-order valence-electron chi connectivity index (χ1n) is 22.2. The molecule has 8 aliphatic carbocycles. The highest BCUT2D eigenvalue weighted by Gasteiger charge is 2.55. The predicted octanol–water partition coefficient (Wildman–Crippen LogP) is 10.5. The maximum atomic E-state index is 13.2. The molecule has 0 fully saturated rings. The molecule has 8 aliphatic rings. The van der Waals surface area contributed by atoms with Gasteiger partial charge in [-0.1, -0.05) is 72.8 Å². The van der Waals surface area contributed by atoms with Gasteiger partial charge in [0.25, 0.3) is 0 Å². The minimum atomic E-state index is -0.555. The molecular weight excluding hydrogens is 747 g/mol. The molecule has 5 aromatic carbocycles. The summed E-state index contributed by atoms with van der Waals surface area (Å²) in [5.41, 5.74) is 21.9. The molecule has 0 radical (unpaired) electrons. The molecule has 302 valence electrons. The molecule has 0 saturated heterocycles. The quantitative estimate of drug-likeness (QED) is 0.0957. The molecule has 0 spiro atoms. The topological polar surface area (TPSA) is 83.1 Å². The summed E-state index contributed by atoms with van der Waals surface area (Å²) >= 11 is 0. The first-order valence-corrected chi connectivity index (χ1v) is 22.2. The lowest BCUT2D eigenvalue weighted by Crippen LogP contribution is -2.34. The van der Waals surface area contributed by atoms with Crippen molar-refractivity contribution in [3.05, 3.63) is 162 Å². The molecule has 7 heteroatoms. The van der Waals surface area contributed by atoms with Gasteiger partial charge in [0.1, 0.15) is 23.7 Å². The Kier molecular flexibility index (Phi) is 7.28. The predicted molar refractivity (Wildman–Crippen MR) is 227 cm³/mol. The van der Waals surface area contributed by atoms with Crippen molar-refractivity contribution in [2.24, 2.45) is 0 Å². The zero-order valence-corrected chi connectivity index (χ0v) is 34.7. The van der Waals surface area contributed by atoms with E-state index < -0.39 is 11.7 Å². The van der Waals surface area contributed by atoms with E-state index in [-0.39, 0.29) is 29.6 Å². The van der Waals surface area contributed by atoms with Gasteiger partial charge in [0, 0.05) is 83.1 Å². The Morgan fingerprint density at radius 1 is 0.533 bits per heavy atom. The van der Waals surface area contributed by atoms with E-state index in [1.165, 1.54) is 89.0 Å². The van der Waals surface area contributed by atoms with Gasteiger partial charge in [0.15, 0.2) is 0 Å². The fourth-order valence-electron chi connectivity index (χ4n) is 13.7. The molecule has 1 N–H and O–H groups in total. The fraction of sp³-hybridized carbons (Fsp3) is 0.396. The van der Waals surface area contributed by atoms with Crippen LogP contribution in [0.2, 0.25) is 0 Å². The molecule has 13 rings (SSSR count). The van der Waals surface area contributed by atoms with E-state index in [0.29, 0.717) is 50.0 Å². The van der Waals surface area contributed by atoms with Crippen LogP contribution in [0.4, 0.5) is 4.79 Å². The summed E-state index contributed by atoms with van der Waals surface area (Å²) in [4.78, 5) is 25.4. The molecule has 0 unspecified atom stereocenters. The van der Waals surface area contributed by atoms with Crippen LogP contribution in [0.1, 0.15) is 190 Å². The van der Waals surface area contributed by atoms with Crippen molar-refractivity contribution in [1.82, 2.24) is 5.32 Å². The van der Waals surface area contributed by atoms with Crippen LogP contribution in [0, 0.1) is 0 Å². The molecule has 0 aliphatic heterocycles. The fourth-order valence-corrected chi connectivity index (χ4v) is 13.7. The molecule has 8 atom stereocenters. The number of nitrogens with one attached hydrogen (secondary N) is 1. The molecular formula is C53H49NO6. The largest absolute Gasteiger partial charge is 0.491 e. The molecule has 0 saturated carbocycles. The maximum absolute atomic E-state index is 13.2. The van der Waals surface area contributed by atoms with Crippen molar-refractivity contribution >= 4 is 12.1 Å². The molecule has 5 aromatic rings. The van der Waals surface area contributed by atoms with Gasteiger partial charge in [-0.2, -0.15) is 0 Å². The Hall–Kier alpha value is -5.40. The number of rotatable bonds is 8. The number of ether oxygens (including phenoxy) is 4. The lowest BCUT2D eigenvalue weighted by molar-refractivity contribution is -0.132. The van der Waals surface area contributed by atoms with E-state index >= 15 is 0 Å². The summed E-state index contributed by atoms with van der Waals surface area (Å²) < 4.78 is 25.0. The smallest absolute Gasteiger partial charge is 0.407 e. The number of carbonyl (C=O) groups is 2. The second-order valence-electron chi connectivity index (χ2n) is 19.6. The summed E-state index contributed by atoms with van der Waals surface area (Å²) in [6.45, 7) is 8.58. The minimum Gasteiger partial charge on any atom is -0.491 e. The van der Waals surface area contributed by atoms with Crippen molar-refractivity contribution in [2.75, 3.05) is 26.4 Å². The number of fused-ring (bicyclic) bond motifs is 32. The van der Waals surface area contributed by atoms with Gasteiger partial charge in [0.05, 0.1) is 13.2 Å². The van der Waals surface area contributed by atoms with Crippen molar-refractivity contribution in [2.45, 2.75) is 106 Å². The van der Waals surface area contributed by atoms with E-state index in [1.54, 1.807) is 6.92 Å². The van der Waals surface area contributed by atoms with E-state index in [0.717, 1.165) is 37.2 Å². The average Bonchev–Trinajstić information content (AvgIpc) is 4.10. The first kappa shape index (κ1) is 35.4. The van der Waals surface area contributed by atoms with Gasteiger partial charge in [0.2, 0.25) is 0 Å². The normalized spacial score (nSPS) is 26.2. The number of esters is 1. The number of benzene rings is 5. The van der Waals surface area contributed by atoms with Crippen molar-refractivity contribution in [3.8, 4) is 11.5 Å². The second-order valence-corrected chi connectivity index (χ2v) is 19.6. The van der Waals surface area contributed by atoms with Crippen LogP contribution in [0.15, 0.2) is 72.8 Å². The van der Waals surface area contributed by atoms with Crippen molar-refractivity contribution < 1.29 is 28.5 Å². The highest BCUT2D eigenvalue weighted by molar-refractivity contribution is 5.81. The molecule has 8 bridgehead atoms. The average molecular weight is 796 g/mol. The number of amides is 1. The monoisotopic (exact) mass is 795 g/mol. The van der Waals surface area contributed by atoms with E-state index in [4.69, 9.17) is 18.9 Å². The standard InChI is InChI=1S/C53H49NO6/c1-25(55)59-51-48-44-23-42(38-19-34-30-17-32(36(34)21-40(38)44)28-11-7-5-9-26(28)30)46(48)50(58-16-15-57-14-13-54-52(56)60-53(2,3)4)47-43-24-45(49(47)51)41-22-37-33-18-31(35(37)20-39(41)43)27-10-6-8-12-29(27)33/h5-12,19-22,30-33,42-45H,13-18,23-24H2,1-4H3,(H,54,56)/t30-,31+,32+,33-,42-,43+,44+,45-. The Morgan fingerprint density at radius 2 is 0.917 bits per heavy atom. The van der Waals surface area contributed by atoms with Gasteiger partial charge < -0.3 is 24.3 Å². The highest BCUT2D eigenvalue weighted by atomic mass is 16.6.